The quantitative estimate of drug-likeness (QED) is 0.862. The maximum atomic E-state index is 13.9. The number of aromatic nitrogens is 1. The van der Waals surface area contributed by atoms with E-state index in [2.05, 4.69) is 15.5 Å². The molecule has 4 rings (SSSR count). The first-order valence-electron chi connectivity index (χ1n) is 8.05. The van der Waals surface area contributed by atoms with E-state index in [9.17, 15) is 8.78 Å². The van der Waals surface area contributed by atoms with Crippen molar-refractivity contribution in [3.8, 4) is 0 Å². The number of hydrogen-bond acceptors (Lipinski definition) is 5. The third kappa shape index (κ3) is 3.68. The Hall–Kier alpha value is -1.57. The van der Waals surface area contributed by atoms with Crippen molar-refractivity contribution in [1.29, 1.82) is 0 Å². The second kappa shape index (κ2) is 7.76. The third-order valence-electron chi connectivity index (χ3n) is 4.50. The maximum absolute atomic E-state index is 13.9. The summed E-state index contributed by atoms with van der Waals surface area (Å²) >= 11 is 1.62. The molecule has 2 aromatic rings. The van der Waals surface area contributed by atoms with Crippen LogP contribution in [0.15, 0.2) is 28.7 Å². The van der Waals surface area contributed by atoms with E-state index in [0.717, 1.165) is 36.6 Å². The molecule has 1 fully saturated rings. The molecular formula is C17H18ClF2N3OS. The smallest absolute Gasteiger partial charge is 0.164 e. The van der Waals surface area contributed by atoms with E-state index in [0.29, 0.717) is 18.1 Å². The second-order valence-corrected chi connectivity index (χ2v) is 6.96. The Morgan fingerprint density at radius 1 is 1.16 bits per heavy atom. The fourth-order valence-corrected chi connectivity index (χ4v) is 4.18. The van der Waals surface area contributed by atoms with Gasteiger partial charge in [0, 0.05) is 17.7 Å². The molecule has 0 bridgehead atoms. The lowest BCUT2D eigenvalue weighted by Crippen LogP contribution is -2.26. The number of benzene rings is 1. The number of rotatable bonds is 3. The summed E-state index contributed by atoms with van der Waals surface area (Å²) in [6, 6.07) is 3.81. The molecular weight excluding hydrogens is 368 g/mol. The number of piperidine rings is 1. The van der Waals surface area contributed by atoms with Gasteiger partial charge in [0.05, 0.1) is 16.3 Å². The summed E-state index contributed by atoms with van der Waals surface area (Å²) in [7, 11) is 0. The van der Waals surface area contributed by atoms with E-state index in [1.165, 1.54) is 18.2 Å². The van der Waals surface area contributed by atoms with E-state index in [1.807, 2.05) is 5.38 Å². The van der Waals surface area contributed by atoms with E-state index in [4.69, 9.17) is 4.84 Å². The third-order valence-corrected chi connectivity index (χ3v) is 5.50. The fourth-order valence-electron chi connectivity index (χ4n) is 3.18. The van der Waals surface area contributed by atoms with Crippen molar-refractivity contribution in [3.05, 3.63) is 51.5 Å². The molecule has 1 saturated heterocycles. The molecule has 0 saturated carbocycles. The van der Waals surface area contributed by atoms with Crippen LogP contribution in [0.1, 0.15) is 47.5 Å². The monoisotopic (exact) mass is 385 g/mol. The molecule has 0 aliphatic carbocycles. The number of nitrogens with zero attached hydrogens (tertiary/aromatic N) is 2. The van der Waals surface area contributed by atoms with Crippen molar-refractivity contribution in [1.82, 2.24) is 10.3 Å². The first kappa shape index (κ1) is 18.2. The zero-order valence-corrected chi connectivity index (χ0v) is 15.0. The average Bonchev–Trinajstić information content (AvgIpc) is 3.25. The molecule has 1 aromatic carbocycles. The van der Waals surface area contributed by atoms with Crippen molar-refractivity contribution >= 4 is 29.5 Å². The first-order valence-corrected chi connectivity index (χ1v) is 8.93. The van der Waals surface area contributed by atoms with Crippen molar-refractivity contribution in [2.45, 2.75) is 31.3 Å². The molecule has 0 spiro atoms. The predicted octanol–water partition coefficient (Wildman–Crippen LogP) is 4.18. The van der Waals surface area contributed by atoms with Crippen molar-refractivity contribution in [2.75, 3.05) is 13.1 Å². The highest BCUT2D eigenvalue weighted by molar-refractivity contribution is 7.09. The van der Waals surface area contributed by atoms with Crippen LogP contribution in [0.25, 0.3) is 0 Å². The molecule has 25 heavy (non-hydrogen) atoms. The van der Waals surface area contributed by atoms with Gasteiger partial charge in [0.25, 0.3) is 0 Å². The van der Waals surface area contributed by atoms with Gasteiger partial charge in [-0.25, -0.2) is 13.8 Å². The first-order chi connectivity index (χ1) is 11.7. The highest BCUT2D eigenvalue weighted by Crippen LogP contribution is 2.34. The minimum atomic E-state index is -0.731. The van der Waals surface area contributed by atoms with Crippen LogP contribution in [-0.2, 0) is 4.84 Å². The van der Waals surface area contributed by atoms with Gasteiger partial charge in [-0.05, 0) is 38.1 Å². The molecule has 1 N–H and O–H groups in total. The Kier molecular flexibility index (Phi) is 5.66. The zero-order chi connectivity index (χ0) is 16.5. The Bertz CT molecular complexity index is 757. The molecule has 8 heteroatoms. The molecule has 134 valence electrons. The molecule has 0 amide bonds. The van der Waals surface area contributed by atoms with Crippen LogP contribution in [0.3, 0.4) is 0 Å². The number of oxime groups is 1. The van der Waals surface area contributed by atoms with Gasteiger partial charge in [-0.1, -0.05) is 11.2 Å². The lowest BCUT2D eigenvalue weighted by molar-refractivity contribution is 0.0800. The van der Waals surface area contributed by atoms with Crippen LogP contribution in [0.2, 0.25) is 0 Å². The molecule has 0 radical (unpaired) electrons. The number of nitrogens with one attached hydrogen (secondary N) is 1. The molecule has 1 unspecified atom stereocenters. The minimum Gasteiger partial charge on any atom is -0.387 e. The van der Waals surface area contributed by atoms with Crippen molar-refractivity contribution in [2.24, 2.45) is 5.16 Å². The molecule has 1 aromatic heterocycles. The highest BCUT2D eigenvalue weighted by atomic mass is 35.5. The van der Waals surface area contributed by atoms with Gasteiger partial charge in [-0.15, -0.1) is 23.7 Å². The van der Waals surface area contributed by atoms with Crippen LogP contribution < -0.4 is 5.32 Å². The minimum absolute atomic E-state index is 0. The standard InChI is InChI=1S/C17H17F2N3OS.ClH/c18-11-2-1-3-12(19)16(11)15-8-13(22-23-15)14-9-24-17(21-14)10-4-6-20-7-5-10;/h1-3,9-10,15,20H,4-8H2;1H. The van der Waals surface area contributed by atoms with Gasteiger partial charge in [0.2, 0.25) is 0 Å². The largest absolute Gasteiger partial charge is 0.387 e. The topological polar surface area (TPSA) is 46.5 Å². The van der Waals surface area contributed by atoms with Gasteiger partial charge in [-0.2, -0.15) is 0 Å². The normalized spacial score (nSPS) is 20.7. The Morgan fingerprint density at radius 2 is 1.88 bits per heavy atom. The Morgan fingerprint density at radius 3 is 2.60 bits per heavy atom. The van der Waals surface area contributed by atoms with Crippen LogP contribution >= 0.6 is 23.7 Å². The summed E-state index contributed by atoms with van der Waals surface area (Å²) in [5, 5.41) is 10.4. The zero-order valence-electron chi connectivity index (χ0n) is 13.4. The number of thiazole rings is 1. The van der Waals surface area contributed by atoms with Crippen LogP contribution in [0.4, 0.5) is 8.78 Å². The molecule has 4 nitrogen and oxygen atoms in total. The van der Waals surface area contributed by atoms with E-state index >= 15 is 0 Å². The van der Waals surface area contributed by atoms with Gasteiger partial charge in [0.15, 0.2) is 6.10 Å². The van der Waals surface area contributed by atoms with Gasteiger partial charge in [0.1, 0.15) is 17.3 Å². The predicted molar refractivity (Wildman–Crippen MR) is 95.5 cm³/mol. The van der Waals surface area contributed by atoms with E-state index in [1.54, 1.807) is 11.3 Å². The summed E-state index contributed by atoms with van der Waals surface area (Å²) < 4.78 is 27.8. The number of halogens is 3. The fraction of sp³-hybridized carbons (Fsp3) is 0.412. The maximum Gasteiger partial charge on any atom is 0.164 e. The summed E-state index contributed by atoms with van der Waals surface area (Å²) in [5.41, 5.74) is 1.34. The summed E-state index contributed by atoms with van der Waals surface area (Å²) in [6.45, 7) is 2.02. The second-order valence-electron chi connectivity index (χ2n) is 6.07. The van der Waals surface area contributed by atoms with E-state index in [-0.39, 0.29) is 18.0 Å². The van der Waals surface area contributed by atoms with Crippen molar-refractivity contribution in [3.63, 3.8) is 0 Å². The van der Waals surface area contributed by atoms with Crippen LogP contribution in [0, 0.1) is 11.6 Å². The lowest BCUT2D eigenvalue weighted by Gasteiger charge is -2.20. The lowest BCUT2D eigenvalue weighted by atomic mass is 9.99. The van der Waals surface area contributed by atoms with Crippen molar-refractivity contribution < 1.29 is 13.6 Å². The Labute approximate surface area is 154 Å². The van der Waals surface area contributed by atoms with Crippen LogP contribution in [0.5, 0.6) is 0 Å². The summed E-state index contributed by atoms with van der Waals surface area (Å²) in [5.74, 6) is -0.733. The summed E-state index contributed by atoms with van der Waals surface area (Å²) in [4.78, 5) is 9.97. The van der Waals surface area contributed by atoms with E-state index < -0.39 is 17.7 Å². The van der Waals surface area contributed by atoms with Crippen LogP contribution in [-0.4, -0.2) is 23.8 Å². The molecule has 3 heterocycles. The SMILES string of the molecule is Cl.Fc1cccc(F)c1C1CC(c2csc(C3CCNCC3)n2)=NO1. The van der Waals surface area contributed by atoms with Gasteiger partial charge >= 0.3 is 0 Å². The summed E-state index contributed by atoms with van der Waals surface area (Å²) in [6.07, 6.45) is 1.76. The molecule has 2 aliphatic rings. The highest BCUT2D eigenvalue weighted by Gasteiger charge is 2.30. The number of hydrogen-bond donors (Lipinski definition) is 1. The average molecular weight is 386 g/mol. The molecule has 1 atom stereocenters. The Balaban J connectivity index is 0.00000182. The molecule has 2 aliphatic heterocycles. The van der Waals surface area contributed by atoms with Gasteiger partial charge in [-0.3, -0.25) is 0 Å². The van der Waals surface area contributed by atoms with Gasteiger partial charge < -0.3 is 10.2 Å².